The first-order valence-electron chi connectivity index (χ1n) is 9.64. The third kappa shape index (κ3) is 7.31. The lowest BCUT2D eigenvalue weighted by molar-refractivity contribution is -0.111. The molecule has 1 aromatic carbocycles. The number of hydrogen-bond donors (Lipinski definition) is 1. The summed E-state index contributed by atoms with van der Waals surface area (Å²) in [5.41, 5.74) is 0.851. The van der Waals surface area contributed by atoms with E-state index >= 15 is 0 Å². The van der Waals surface area contributed by atoms with E-state index in [-0.39, 0.29) is 5.91 Å². The van der Waals surface area contributed by atoms with Crippen molar-refractivity contribution in [3.63, 3.8) is 0 Å². The molecule has 0 aliphatic heterocycles. The molecule has 28 heavy (non-hydrogen) atoms. The summed E-state index contributed by atoms with van der Waals surface area (Å²) in [5.74, 6) is 1.70. The second-order valence-electron chi connectivity index (χ2n) is 6.87. The van der Waals surface area contributed by atoms with Gasteiger partial charge < -0.3 is 9.47 Å². The zero-order valence-electron chi connectivity index (χ0n) is 17.0. The number of nitrogens with zero attached hydrogens (tertiary/aromatic N) is 2. The van der Waals surface area contributed by atoms with Crippen LogP contribution in [0.2, 0.25) is 0 Å². The number of aryl methyl sites for hydroxylation is 1. The highest BCUT2D eigenvalue weighted by atomic mass is 32.1. The highest BCUT2D eigenvalue weighted by molar-refractivity contribution is 7.15. The van der Waals surface area contributed by atoms with Crippen molar-refractivity contribution in [2.45, 2.75) is 46.5 Å². The zero-order valence-corrected chi connectivity index (χ0v) is 17.8. The van der Waals surface area contributed by atoms with Crippen LogP contribution in [0, 0.1) is 5.92 Å². The van der Waals surface area contributed by atoms with Crippen LogP contribution in [0.15, 0.2) is 24.3 Å². The van der Waals surface area contributed by atoms with Crippen LogP contribution in [-0.4, -0.2) is 29.8 Å². The lowest BCUT2D eigenvalue weighted by atomic mass is 10.1. The molecule has 6 nitrogen and oxygen atoms in total. The molecule has 0 spiro atoms. The van der Waals surface area contributed by atoms with Gasteiger partial charge in [-0.15, -0.1) is 10.2 Å². The number of anilines is 1. The maximum Gasteiger partial charge on any atom is 0.250 e. The van der Waals surface area contributed by atoms with Gasteiger partial charge in [-0.25, -0.2) is 0 Å². The van der Waals surface area contributed by atoms with Gasteiger partial charge in [-0.05, 0) is 42.5 Å². The minimum absolute atomic E-state index is 0.241. The van der Waals surface area contributed by atoms with Gasteiger partial charge in [0.15, 0.2) is 11.5 Å². The number of unbranched alkanes of at least 4 members (excludes halogenated alkanes) is 1. The Hall–Kier alpha value is -2.41. The largest absolute Gasteiger partial charge is 0.493 e. The van der Waals surface area contributed by atoms with E-state index in [0.29, 0.717) is 29.2 Å². The Morgan fingerprint density at radius 2 is 2.11 bits per heavy atom. The van der Waals surface area contributed by atoms with E-state index in [2.05, 4.69) is 36.3 Å². The first-order chi connectivity index (χ1) is 13.5. The summed E-state index contributed by atoms with van der Waals surface area (Å²) in [6, 6.07) is 5.61. The SMILES string of the molecule is CCCCc1nnc(NC(=O)/C=C/c2ccc(OCCC(C)C)c(OC)c2)s1. The molecule has 2 rings (SSSR count). The number of methoxy groups -OCH3 is 1. The van der Waals surface area contributed by atoms with E-state index in [1.54, 1.807) is 13.2 Å². The van der Waals surface area contributed by atoms with Gasteiger partial charge in [0.05, 0.1) is 13.7 Å². The van der Waals surface area contributed by atoms with Crippen molar-refractivity contribution < 1.29 is 14.3 Å². The summed E-state index contributed by atoms with van der Waals surface area (Å²) in [6.45, 7) is 7.10. The molecule has 0 radical (unpaired) electrons. The van der Waals surface area contributed by atoms with Gasteiger partial charge >= 0.3 is 0 Å². The van der Waals surface area contributed by atoms with Crippen LogP contribution >= 0.6 is 11.3 Å². The van der Waals surface area contributed by atoms with Gasteiger partial charge in [-0.3, -0.25) is 10.1 Å². The molecule has 0 saturated heterocycles. The van der Waals surface area contributed by atoms with E-state index in [1.807, 2.05) is 18.2 Å². The Labute approximate surface area is 171 Å². The lowest BCUT2D eigenvalue weighted by Crippen LogP contribution is -2.07. The lowest BCUT2D eigenvalue weighted by Gasteiger charge is -2.12. The molecule has 7 heteroatoms. The molecule has 0 atom stereocenters. The van der Waals surface area contributed by atoms with Crippen LogP contribution in [-0.2, 0) is 11.2 Å². The fraction of sp³-hybridized carbons (Fsp3) is 0.476. The average molecular weight is 404 g/mol. The van der Waals surface area contributed by atoms with Crippen molar-refractivity contribution in [2.75, 3.05) is 19.0 Å². The molecule has 0 saturated carbocycles. The molecule has 1 heterocycles. The number of ether oxygens (including phenoxy) is 2. The molecule has 1 aromatic heterocycles. The van der Waals surface area contributed by atoms with Crippen LogP contribution in [0.4, 0.5) is 5.13 Å². The topological polar surface area (TPSA) is 73.3 Å². The Morgan fingerprint density at radius 1 is 1.29 bits per heavy atom. The van der Waals surface area contributed by atoms with Crippen molar-refractivity contribution >= 4 is 28.5 Å². The summed E-state index contributed by atoms with van der Waals surface area (Å²) in [5, 5.41) is 12.3. The molecule has 1 N–H and O–H groups in total. The number of aromatic nitrogens is 2. The predicted molar refractivity (Wildman–Crippen MR) is 114 cm³/mol. The Balaban J connectivity index is 1.93. The Kier molecular flexibility index (Phi) is 8.94. The summed E-state index contributed by atoms with van der Waals surface area (Å²) < 4.78 is 11.2. The molecule has 2 aromatic rings. The van der Waals surface area contributed by atoms with Crippen molar-refractivity contribution in [3.05, 3.63) is 34.8 Å². The smallest absolute Gasteiger partial charge is 0.250 e. The summed E-state index contributed by atoms with van der Waals surface area (Å²) >= 11 is 1.42. The summed E-state index contributed by atoms with van der Waals surface area (Å²) in [4.78, 5) is 12.1. The van der Waals surface area contributed by atoms with E-state index in [9.17, 15) is 4.79 Å². The number of nitrogens with one attached hydrogen (secondary N) is 1. The van der Waals surface area contributed by atoms with Gasteiger partial charge in [0, 0.05) is 12.5 Å². The highest BCUT2D eigenvalue weighted by Crippen LogP contribution is 2.29. The van der Waals surface area contributed by atoms with E-state index in [4.69, 9.17) is 9.47 Å². The van der Waals surface area contributed by atoms with Gasteiger partial charge in [0.25, 0.3) is 0 Å². The quantitative estimate of drug-likeness (QED) is 0.537. The highest BCUT2D eigenvalue weighted by Gasteiger charge is 2.08. The third-order valence-corrected chi connectivity index (χ3v) is 4.91. The molecule has 0 fully saturated rings. The molecular formula is C21H29N3O3S. The zero-order chi connectivity index (χ0) is 20.4. The number of carbonyl (C=O) groups is 1. The molecule has 0 aliphatic rings. The van der Waals surface area contributed by atoms with Gasteiger partial charge in [-0.1, -0.05) is 44.6 Å². The van der Waals surface area contributed by atoms with Crippen molar-refractivity contribution in [1.29, 1.82) is 0 Å². The molecule has 1 amide bonds. The summed E-state index contributed by atoms with van der Waals surface area (Å²) in [7, 11) is 1.61. The molecule has 152 valence electrons. The number of rotatable bonds is 11. The minimum atomic E-state index is -0.241. The number of hydrogen-bond acceptors (Lipinski definition) is 6. The van der Waals surface area contributed by atoms with Crippen LogP contribution in [0.5, 0.6) is 11.5 Å². The minimum Gasteiger partial charge on any atom is -0.493 e. The Bertz CT molecular complexity index is 787. The van der Waals surface area contributed by atoms with Gasteiger partial charge in [0.1, 0.15) is 5.01 Å². The van der Waals surface area contributed by atoms with E-state index in [1.165, 1.54) is 17.4 Å². The first kappa shape index (κ1) is 21.9. The number of benzene rings is 1. The van der Waals surface area contributed by atoms with E-state index < -0.39 is 0 Å². The molecule has 0 aliphatic carbocycles. The number of carbonyl (C=O) groups excluding carboxylic acids is 1. The van der Waals surface area contributed by atoms with Crippen LogP contribution in [0.3, 0.4) is 0 Å². The fourth-order valence-corrected chi connectivity index (χ4v) is 3.15. The third-order valence-electron chi connectivity index (χ3n) is 4.01. The van der Waals surface area contributed by atoms with E-state index in [0.717, 1.165) is 36.3 Å². The van der Waals surface area contributed by atoms with Gasteiger partial charge in [0.2, 0.25) is 11.0 Å². The molecule has 0 unspecified atom stereocenters. The van der Waals surface area contributed by atoms with Crippen LogP contribution < -0.4 is 14.8 Å². The van der Waals surface area contributed by atoms with Gasteiger partial charge in [-0.2, -0.15) is 0 Å². The molecular weight excluding hydrogens is 374 g/mol. The normalized spacial score (nSPS) is 11.2. The number of amides is 1. The second-order valence-corrected chi connectivity index (χ2v) is 7.93. The maximum absolute atomic E-state index is 12.1. The average Bonchev–Trinajstić information content (AvgIpc) is 3.12. The van der Waals surface area contributed by atoms with Crippen LogP contribution in [0.25, 0.3) is 6.08 Å². The predicted octanol–water partition coefficient (Wildman–Crippen LogP) is 4.97. The maximum atomic E-state index is 12.1. The monoisotopic (exact) mass is 403 g/mol. The Morgan fingerprint density at radius 3 is 2.82 bits per heavy atom. The fourth-order valence-electron chi connectivity index (χ4n) is 2.36. The van der Waals surface area contributed by atoms with Crippen molar-refractivity contribution in [3.8, 4) is 11.5 Å². The van der Waals surface area contributed by atoms with Crippen molar-refractivity contribution in [2.24, 2.45) is 5.92 Å². The first-order valence-corrected chi connectivity index (χ1v) is 10.5. The second kappa shape index (κ2) is 11.4. The summed E-state index contributed by atoms with van der Waals surface area (Å²) in [6.07, 6.45) is 7.26. The standard InChI is InChI=1S/C21H29N3O3S/c1-5-6-7-20-23-24-21(28-20)22-19(25)11-9-16-8-10-17(18(14-16)26-4)27-13-12-15(2)3/h8-11,14-15H,5-7,12-13H2,1-4H3,(H,22,24,25)/b11-9+. The van der Waals surface area contributed by atoms with Crippen LogP contribution in [0.1, 0.15) is 50.6 Å². The molecule has 0 bridgehead atoms. The van der Waals surface area contributed by atoms with Crippen molar-refractivity contribution in [1.82, 2.24) is 10.2 Å².